The smallest absolute Gasteiger partial charge is 0.236 e. The molecule has 230 valence electrons. The second-order valence-electron chi connectivity index (χ2n) is 15.5. The van der Waals surface area contributed by atoms with E-state index in [1.165, 1.54) is 11.1 Å². The SMILES string of the molecule is CC(=O)N1CC[C@@]23c4ccccc4N(S(=O)(=O)CC[Si](C)(C)C)[C@@H]4N(C)c5cccc6c5[C@@]42CCN([C@@H]13)[C@@H]6[C@H]1OC1(C)C. The fourth-order valence-electron chi connectivity index (χ4n) is 10.0. The van der Waals surface area contributed by atoms with Crippen molar-refractivity contribution >= 4 is 35.4 Å². The minimum atomic E-state index is -3.68. The van der Waals surface area contributed by atoms with Gasteiger partial charge < -0.3 is 14.5 Å². The van der Waals surface area contributed by atoms with E-state index in [4.69, 9.17) is 4.74 Å². The number of hydrogen-bond donors (Lipinski definition) is 0. The van der Waals surface area contributed by atoms with E-state index in [1.807, 2.05) is 16.4 Å². The minimum Gasteiger partial charge on any atom is -0.365 e. The van der Waals surface area contributed by atoms with Gasteiger partial charge in [0.05, 0.1) is 34.7 Å². The van der Waals surface area contributed by atoms with E-state index in [1.54, 1.807) is 6.92 Å². The van der Waals surface area contributed by atoms with Crippen LogP contribution in [-0.2, 0) is 30.4 Å². The number of amides is 1. The molecule has 0 saturated carbocycles. The third-order valence-electron chi connectivity index (χ3n) is 11.7. The molecule has 1 unspecified atom stereocenters. The summed E-state index contributed by atoms with van der Waals surface area (Å²) in [6.07, 6.45) is 1.02. The first-order valence-electron chi connectivity index (χ1n) is 15.9. The Labute approximate surface area is 257 Å². The maximum absolute atomic E-state index is 14.8. The zero-order chi connectivity index (χ0) is 30.5. The quantitative estimate of drug-likeness (QED) is 0.358. The van der Waals surface area contributed by atoms with Gasteiger partial charge in [0.2, 0.25) is 15.9 Å². The molecule has 0 N–H and O–H groups in total. The second-order valence-corrected chi connectivity index (χ2v) is 23.1. The van der Waals surface area contributed by atoms with Crippen molar-refractivity contribution in [2.24, 2.45) is 0 Å². The number of anilines is 2. The first-order chi connectivity index (χ1) is 20.2. The normalized spacial score (nSPS) is 36.3. The maximum Gasteiger partial charge on any atom is 0.236 e. The molecular formula is C33H44N4O4SSi. The minimum absolute atomic E-state index is 0.00283. The first-order valence-corrected chi connectivity index (χ1v) is 21.2. The molecule has 2 aromatic rings. The third-order valence-corrected chi connectivity index (χ3v) is 15.6. The number of carbonyl (C=O) groups is 1. The van der Waals surface area contributed by atoms with Crippen LogP contribution in [0.4, 0.5) is 11.4 Å². The number of hydrogen-bond acceptors (Lipinski definition) is 6. The average molecular weight is 621 g/mol. The Kier molecular flexibility index (Phi) is 5.52. The number of rotatable bonds is 5. The van der Waals surface area contributed by atoms with Crippen molar-refractivity contribution in [3.8, 4) is 0 Å². The highest BCUT2D eigenvalue weighted by Gasteiger charge is 2.79. The molecule has 6 aliphatic rings. The van der Waals surface area contributed by atoms with Crippen LogP contribution in [0.1, 0.15) is 56.3 Å². The van der Waals surface area contributed by atoms with Gasteiger partial charge in [0.15, 0.2) is 0 Å². The van der Waals surface area contributed by atoms with Crippen molar-refractivity contribution < 1.29 is 17.9 Å². The Balaban J connectivity index is 1.47. The van der Waals surface area contributed by atoms with Gasteiger partial charge in [-0.1, -0.05) is 50.0 Å². The van der Waals surface area contributed by atoms with E-state index in [2.05, 4.69) is 85.6 Å². The lowest BCUT2D eigenvalue weighted by molar-refractivity contribution is -0.140. The molecule has 3 fully saturated rings. The van der Waals surface area contributed by atoms with Crippen molar-refractivity contribution in [2.45, 2.75) is 100 Å². The summed E-state index contributed by atoms with van der Waals surface area (Å²) < 4.78 is 37.8. The molecule has 0 aromatic heterocycles. The van der Waals surface area contributed by atoms with E-state index in [-0.39, 0.29) is 35.6 Å². The Morgan fingerprint density at radius 1 is 0.977 bits per heavy atom. The molecule has 0 radical (unpaired) electrons. The fourth-order valence-corrected chi connectivity index (χ4v) is 14.8. The van der Waals surface area contributed by atoms with Gasteiger partial charge in [-0.3, -0.25) is 9.69 Å². The number of ether oxygens (including phenoxy) is 1. The maximum atomic E-state index is 14.8. The number of carbonyl (C=O) groups excluding carboxylic acids is 1. The molecule has 8 rings (SSSR count). The van der Waals surface area contributed by atoms with E-state index < -0.39 is 35.1 Å². The van der Waals surface area contributed by atoms with Crippen molar-refractivity contribution in [3.05, 3.63) is 59.2 Å². The summed E-state index contributed by atoms with van der Waals surface area (Å²) in [5.41, 5.74) is 4.27. The van der Waals surface area contributed by atoms with Crippen molar-refractivity contribution in [3.63, 3.8) is 0 Å². The van der Waals surface area contributed by atoms with Gasteiger partial charge in [0, 0.05) is 46.2 Å². The summed E-state index contributed by atoms with van der Waals surface area (Å²) in [5.74, 6) is 0.227. The van der Waals surface area contributed by atoms with Crippen LogP contribution >= 0.6 is 0 Å². The summed E-state index contributed by atoms with van der Waals surface area (Å²) >= 11 is 0. The summed E-state index contributed by atoms with van der Waals surface area (Å²) in [7, 11) is -3.22. The van der Waals surface area contributed by atoms with E-state index in [0.717, 1.165) is 36.3 Å². The lowest BCUT2D eigenvalue weighted by atomic mass is 9.50. The molecule has 7 atom stereocenters. The van der Waals surface area contributed by atoms with E-state index in [0.29, 0.717) is 12.6 Å². The van der Waals surface area contributed by atoms with Crippen LogP contribution in [-0.4, -0.2) is 82.1 Å². The lowest BCUT2D eigenvalue weighted by Crippen LogP contribution is -2.75. The largest absolute Gasteiger partial charge is 0.365 e. The predicted molar refractivity (Wildman–Crippen MR) is 172 cm³/mol. The molecule has 2 aromatic carbocycles. The lowest BCUT2D eigenvalue weighted by Gasteiger charge is -2.64. The summed E-state index contributed by atoms with van der Waals surface area (Å²) in [6.45, 7) is 14.2. The molecule has 2 spiro atoms. The third kappa shape index (κ3) is 3.33. The molecule has 0 aliphatic carbocycles. The van der Waals surface area contributed by atoms with Crippen LogP contribution < -0.4 is 9.21 Å². The molecule has 10 heteroatoms. The number of piperidine rings is 1. The Hall–Kier alpha value is -2.40. The fraction of sp³-hybridized carbons (Fsp3) is 0.606. The number of para-hydroxylation sites is 1. The zero-order valence-corrected chi connectivity index (χ0v) is 28.2. The van der Waals surface area contributed by atoms with Crippen LogP contribution in [0.25, 0.3) is 0 Å². The van der Waals surface area contributed by atoms with E-state index >= 15 is 0 Å². The highest BCUT2D eigenvalue weighted by Crippen LogP contribution is 2.73. The van der Waals surface area contributed by atoms with Gasteiger partial charge in [0.25, 0.3) is 0 Å². The van der Waals surface area contributed by atoms with Gasteiger partial charge in [-0.15, -0.1) is 0 Å². The Morgan fingerprint density at radius 2 is 1.65 bits per heavy atom. The van der Waals surface area contributed by atoms with Gasteiger partial charge in [-0.25, -0.2) is 12.7 Å². The topological polar surface area (TPSA) is 76.7 Å². The summed E-state index contributed by atoms with van der Waals surface area (Å²) in [5, 5.41) is 0. The Morgan fingerprint density at radius 3 is 2.33 bits per heavy atom. The number of sulfonamides is 1. The van der Waals surface area contributed by atoms with Gasteiger partial charge in [-0.05, 0) is 61.6 Å². The number of fused-ring (bicyclic) bond motifs is 1. The molecule has 6 heterocycles. The second kappa shape index (κ2) is 8.44. The molecule has 2 bridgehead atoms. The van der Waals surface area contributed by atoms with Crippen LogP contribution in [0.5, 0.6) is 0 Å². The summed E-state index contributed by atoms with van der Waals surface area (Å²) in [4.78, 5) is 20.4. The Bertz CT molecular complexity index is 1670. The summed E-state index contributed by atoms with van der Waals surface area (Å²) in [6, 6.07) is 15.5. The van der Waals surface area contributed by atoms with Gasteiger partial charge >= 0.3 is 0 Å². The van der Waals surface area contributed by atoms with Crippen molar-refractivity contribution in [2.75, 3.05) is 35.1 Å². The van der Waals surface area contributed by atoms with Gasteiger partial charge in [0.1, 0.15) is 12.3 Å². The number of likely N-dealkylation sites (tertiary alicyclic amines) is 1. The zero-order valence-electron chi connectivity index (χ0n) is 26.4. The monoisotopic (exact) mass is 620 g/mol. The van der Waals surface area contributed by atoms with Crippen molar-refractivity contribution in [1.29, 1.82) is 0 Å². The highest BCUT2D eigenvalue weighted by molar-refractivity contribution is 7.92. The number of nitrogens with zero attached hydrogens (tertiary/aromatic N) is 4. The molecule has 1 amide bonds. The van der Waals surface area contributed by atoms with Crippen LogP contribution in [0.2, 0.25) is 25.7 Å². The van der Waals surface area contributed by atoms with Crippen LogP contribution in [0, 0.1) is 0 Å². The van der Waals surface area contributed by atoms with Gasteiger partial charge in [-0.2, -0.15) is 0 Å². The van der Waals surface area contributed by atoms with Crippen LogP contribution in [0.3, 0.4) is 0 Å². The number of benzene rings is 2. The molecular weight excluding hydrogens is 577 g/mol. The number of likely N-dealkylation sites (N-methyl/N-ethyl adjacent to an activating group) is 1. The highest BCUT2D eigenvalue weighted by atomic mass is 32.2. The van der Waals surface area contributed by atoms with Crippen LogP contribution in [0.15, 0.2) is 42.5 Å². The predicted octanol–water partition coefficient (Wildman–Crippen LogP) is 4.64. The first kappa shape index (κ1) is 28.1. The molecule has 8 nitrogen and oxygen atoms in total. The standard InChI is InChI=1S/C33H44N4O4SSi/c1-21(38)35-17-15-32-23-12-8-9-13-24(23)37(42(39,40)19-20-43(5,6)7)29-33(32)16-18-36(30(32)35)27(28-31(2,3)41-28)22-11-10-14-25(26(22)33)34(29)4/h8-14,27-30H,15-20H2,1-7H3/t27-,28+,29-,30+,32-,33-/m0/s1. The van der Waals surface area contributed by atoms with Crippen molar-refractivity contribution in [1.82, 2.24) is 9.80 Å². The molecule has 3 saturated heterocycles. The average Bonchev–Trinajstić information content (AvgIpc) is 3.32. The molecule has 43 heavy (non-hydrogen) atoms. The molecule has 6 aliphatic heterocycles. The number of epoxide rings is 1. The van der Waals surface area contributed by atoms with E-state index in [9.17, 15) is 13.2 Å².